The van der Waals surface area contributed by atoms with Gasteiger partial charge in [0.2, 0.25) is 6.79 Å². The first-order chi connectivity index (χ1) is 15.2. The number of fused-ring (bicyclic) bond motifs is 1. The highest BCUT2D eigenvalue weighted by Crippen LogP contribution is 2.33. The summed E-state index contributed by atoms with van der Waals surface area (Å²) in [7, 11) is 0. The van der Waals surface area contributed by atoms with E-state index < -0.39 is 6.10 Å². The predicted molar refractivity (Wildman–Crippen MR) is 115 cm³/mol. The fourth-order valence-corrected chi connectivity index (χ4v) is 3.59. The first-order valence-corrected chi connectivity index (χ1v) is 10.3. The van der Waals surface area contributed by atoms with Gasteiger partial charge in [0.05, 0.1) is 19.3 Å². The van der Waals surface area contributed by atoms with Gasteiger partial charge in [0.1, 0.15) is 5.82 Å². The summed E-state index contributed by atoms with van der Waals surface area (Å²) in [4.78, 5) is 2.01. The van der Waals surface area contributed by atoms with Crippen molar-refractivity contribution in [3.63, 3.8) is 0 Å². The number of ether oxygens (including phenoxy) is 3. The zero-order chi connectivity index (χ0) is 21.5. The minimum atomic E-state index is -0.704. The molecule has 4 rings (SSSR count). The molecule has 0 spiro atoms. The van der Waals surface area contributed by atoms with Crippen LogP contribution in [0.3, 0.4) is 0 Å². The minimum absolute atomic E-state index is 0.198. The summed E-state index contributed by atoms with van der Waals surface area (Å²) >= 11 is 0. The lowest BCUT2D eigenvalue weighted by Gasteiger charge is -2.25. The third-order valence-corrected chi connectivity index (χ3v) is 5.09. The van der Waals surface area contributed by atoms with Crippen molar-refractivity contribution < 1.29 is 23.7 Å². The SMILES string of the molecule is O[C@@H](COCc1ccccc1)CN(Cc1ccc2c(c1)OCO2)Cc1ccccc1F. The van der Waals surface area contributed by atoms with Crippen molar-refractivity contribution in [1.29, 1.82) is 0 Å². The predicted octanol–water partition coefficient (Wildman–Crippen LogP) is 4.13. The molecule has 1 N–H and O–H groups in total. The van der Waals surface area contributed by atoms with Crippen molar-refractivity contribution in [1.82, 2.24) is 4.90 Å². The Bertz CT molecular complexity index is 982. The molecule has 31 heavy (non-hydrogen) atoms. The number of hydrogen-bond acceptors (Lipinski definition) is 5. The highest BCUT2D eigenvalue weighted by molar-refractivity contribution is 5.44. The molecule has 1 heterocycles. The second-order valence-electron chi connectivity index (χ2n) is 7.60. The monoisotopic (exact) mass is 423 g/mol. The van der Waals surface area contributed by atoms with E-state index in [2.05, 4.69) is 0 Å². The minimum Gasteiger partial charge on any atom is -0.454 e. The van der Waals surface area contributed by atoms with Crippen LogP contribution in [0.1, 0.15) is 16.7 Å². The lowest BCUT2D eigenvalue weighted by molar-refractivity contribution is 0.00696. The van der Waals surface area contributed by atoms with Gasteiger partial charge in [-0.2, -0.15) is 0 Å². The van der Waals surface area contributed by atoms with Crippen LogP contribution in [0.15, 0.2) is 72.8 Å². The number of halogens is 1. The van der Waals surface area contributed by atoms with Crippen LogP contribution < -0.4 is 9.47 Å². The fraction of sp³-hybridized carbons (Fsp3) is 0.280. The quantitative estimate of drug-likeness (QED) is 0.531. The number of nitrogens with zero attached hydrogens (tertiary/aromatic N) is 1. The zero-order valence-electron chi connectivity index (χ0n) is 17.2. The molecule has 0 saturated heterocycles. The van der Waals surface area contributed by atoms with Gasteiger partial charge < -0.3 is 19.3 Å². The molecule has 0 aromatic heterocycles. The van der Waals surface area contributed by atoms with Gasteiger partial charge in [-0.15, -0.1) is 0 Å². The van der Waals surface area contributed by atoms with Crippen LogP contribution in [0.4, 0.5) is 4.39 Å². The average molecular weight is 423 g/mol. The molecule has 162 valence electrons. The van der Waals surface area contributed by atoms with Crippen molar-refractivity contribution in [3.05, 3.63) is 95.3 Å². The van der Waals surface area contributed by atoms with E-state index in [1.165, 1.54) is 6.07 Å². The number of hydrogen-bond donors (Lipinski definition) is 1. The summed E-state index contributed by atoms with van der Waals surface area (Å²) in [6, 6.07) is 22.3. The number of benzene rings is 3. The molecule has 0 saturated carbocycles. The largest absolute Gasteiger partial charge is 0.454 e. The second kappa shape index (κ2) is 10.4. The molecule has 5 nitrogen and oxygen atoms in total. The summed E-state index contributed by atoms with van der Waals surface area (Å²) < 4.78 is 30.8. The Morgan fingerprint density at radius 3 is 2.52 bits per heavy atom. The Morgan fingerprint density at radius 1 is 0.903 bits per heavy atom. The smallest absolute Gasteiger partial charge is 0.231 e. The van der Waals surface area contributed by atoms with Crippen LogP contribution in [-0.2, 0) is 24.4 Å². The number of aliphatic hydroxyl groups is 1. The van der Waals surface area contributed by atoms with Gasteiger partial charge in [-0.1, -0.05) is 54.6 Å². The maximum absolute atomic E-state index is 14.2. The van der Waals surface area contributed by atoms with Crippen LogP contribution in [0.25, 0.3) is 0 Å². The van der Waals surface area contributed by atoms with E-state index in [1.807, 2.05) is 59.5 Å². The van der Waals surface area contributed by atoms with E-state index in [-0.39, 0.29) is 19.2 Å². The van der Waals surface area contributed by atoms with Crippen LogP contribution in [0, 0.1) is 5.82 Å². The molecule has 3 aromatic rings. The van der Waals surface area contributed by atoms with Crippen molar-refractivity contribution in [3.8, 4) is 11.5 Å². The first kappa shape index (κ1) is 21.3. The Hall–Kier alpha value is -2.93. The van der Waals surface area contributed by atoms with Gasteiger partial charge in [0, 0.05) is 25.2 Å². The Kier molecular flexibility index (Phi) is 7.14. The topological polar surface area (TPSA) is 51.2 Å². The molecule has 0 aliphatic carbocycles. The lowest BCUT2D eigenvalue weighted by Crippen LogP contribution is -2.34. The van der Waals surface area contributed by atoms with Crippen molar-refractivity contribution in [2.24, 2.45) is 0 Å². The Labute approximate surface area is 181 Å². The molecular weight excluding hydrogens is 397 g/mol. The summed E-state index contributed by atoms with van der Waals surface area (Å²) in [6.07, 6.45) is -0.704. The van der Waals surface area contributed by atoms with E-state index in [0.717, 1.165) is 16.9 Å². The highest BCUT2D eigenvalue weighted by Gasteiger charge is 2.18. The molecule has 0 bridgehead atoms. The van der Waals surface area contributed by atoms with Gasteiger partial charge in [0.25, 0.3) is 0 Å². The maximum atomic E-state index is 14.2. The van der Waals surface area contributed by atoms with Crippen LogP contribution >= 0.6 is 0 Å². The van der Waals surface area contributed by atoms with E-state index in [0.29, 0.717) is 37.6 Å². The zero-order valence-corrected chi connectivity index (χ0v) is 17.2. The highest BCUT2D eigenvalue weighted by atomic mass is 19.1. The van der Waals surface area contributed by atoms with Crippen molar-refractivity contribution in [2.75, 3.05) is 19.9 Å². The van der Waals surface area contributed by atoms with Crippen LogP contribution in [0.2, 0.25) is 0 Å². The third kappa shape index (κ3) is 6.04. The summed E-state index contributed by atoms with van der Waals surface area (Å²) in [6.45, 7) is 2.10. The molecule has 6 heteroatoms. The van der Waals surface area contributed by atoms with Gasteiger partial charge in [0.15, 0.2) is 11.5 Å². The molecular formula is C25H26FNO4. The third-order valence-electron chi connectivity index (χ3n) is 5.09. The lowest BCUT2D eigenvalue weighted by atomic mass is 10.1. The van der Waals surface area contributed by atoms with Crippen molar-refractivity contribution >= 4 is 0 Å². The normalized spacial score (nSPS) is 13.5. The van der Waals surface area contributed by atoms with Gasteiger partial charge in [-0.25, -0.2) is 4.39 Å². The molecule has 0 unspecified atom stereocenters. The molecule has 0 radical (unpaired) electrons. The summed E-state index contributed by atoms with van der Waals surface area (Å²) in [5.74, 6) is 1.17. The molecule has 3 aromatic carbocycles. The average Bonchev–Trinajstić information content (AvgIpc) is 3.24. The van der Waals surface area contributed by atoms with E-state index in [9.17, 15) is 9.50 Å². The van der Waals surface area contributed by atoms with Crippen LogP contribution in [0.5, 0.6) is 11.5 Å². The van der Waals surface area contributed by atoms with Crippen molar-refractivity contribution in [2.45, 2.75) is 25.8 Å². The Morgan fingerprint density at radius 2 is 1.68 bits per heavy atom. The number of rotatable bonds is 10. The first-order valence-electron chi connectivity index (χ1n) is 10.3. The van der Waals surface area contributed by atoms with E-state index >= 15 is 0 Å². The van der Waals surface area contributed by atoms with E-state index in [4.69, 9.17) is 14.2 Å². The summed E-state index contributed by atoms with van der Waals surface area (Å²) in [5, 5.41) is 10.6. The second-order valence-corrected chi connectivity index (χ2v) is 7.60. The molecule has 1 aliphatic heterocycles. The van der Waals surface area contributed by atoms with Gasteiger partial charge in [-0.3, -0.25) is 4.90 Å². The standard InChI is InChI=1S/C25H26FNO4/c26-23-9-5-4-8-21(23)14-27(13-20-10-11-24-25(12-20)31-18-30-24)15-22(28)17-29-16-19-6-2-1-3-7-19/h1-12,22,28H,13-18H2/t22-/m1/s1. The molecule has 1 aliphatic rings. The fourth-order valence-electron chi connectivity index (χ4n) is 3.59. The maximum Gasteiger partial charge on any atom is 0.231 e. The van der Waals surface area contributed by atoms with Gasteiger partial charge in [-0.05, 0) is 29.3 Å². The number of aliphatic hydroxyl groups excluding tert-OH is 1. The molecule has 1 atom stereocenters. The van der Waals surface area contributed by atoms with Gasteiger partial charge >= 0.3 is 0 Å². The molecule has 0 amide bonds. The molecule has 0 fully saturated rings. The Balaban J connectivity index is 1.39. The summed E-state index contributed by atoms with van der Waals surface area (Å²) in [5.41, 5.74) is 2.64. The van der Waals surface area contributed by atoms with E-state index in [1.54, 1.807) is 12.1 Å². The van der Waals surface area contributed by atoms with Crippen LogP contribution in [-0.4, -0.2) is 36.1 Å².